The highest BCUT2D eigenvalue weighted by Crippen LogP contribution is 2.53. The third-order valence-electron chi connectivity index (χ3n) is 5.09. The van der Waals surface area contributed by atoms with Gasteiger partial charge in [0.25, 0.3) is 5.69 Å². The van der Waals surface area contributed by atoms with Crippen LogP contribution in [0, 0.1) is 16.0 Å². The van der Waals surface area contributed by atoms with Crippen LogP contribution >= 0.6 is 11.6 Å². The molecule has 0 bridgehead atoms. The maximum absolute atomic E-state index is 11.2. The zero-order valence-electron chi connectivity index (χ0n) is 13.6. The monoisotopic (exact) mass is 356 g/mol. The van der Waals surface area contributed by atoms with Crippen molar-refractivity contribution in [3.8, 4) is 5.75 Å². The maximum Gasteiger partial charge on any atom is 0.271 e. The number of non-ortho nitro benzene ring substituents is 1. The van der Waals surface area contributed by atoms with E-state index in [1.807, 2.05) is 18.2 Å². The van der Waals surface area contributed by atoms with Crippen molar-refractivity contribution in [2.75, 3.05) is 12.4 Å². The molecule has 1 aliphatic heterocycles. The first-order valence-electron chi connectivity index (χ1n) is 8.14. The van der Waals surface area contributed by atoms with Crippen molar-refractivity contribution in [1.82, 2.24) is 0 Å². The van der Waals surface area contributed by atoms with E-state index in [-0.39, 0.29) is 23.6 Å². The summed E-state index contributed by atoms with van der Waals surface area (Å²) in [5.74, 6) is 1.19. The second kappa shape index (κ2) is 6.08. The van der Waals surface area contributed by atoms with Crippen molar-refractivity contribution in [1.29, 1.82) is 0 Å². The minimum absolute atomic E-state index is 0.0281. The zero-order chi connectivity index (χ0) is 17.6. The summed E-state index contributed by atoms with van der Waals surface area (Å²) in [7, 11) is 1.66. The van der Waals surface area contributed by atoms with Crippen LogP contribution in [0.15, 0.2) is 48.6 Å². The van der Waals surface area contributed by atoms with Gasteiger partial charge in [0.05, 0.1) is 28.8 Å². The van der Waals surface area contributed by atoms with E-state index >= 15 is 0 Å². The lowest BCUT2D eigenvalue weighted by atomic mass is 9.76. The lowest BCUT2D eigenvalue weighted by Crippen LogP contribution is -2.29. The second-order valence-electron chi connectivity index (χ2n) is 6.37. The fraction of sp³-hybridized carbons (Fsp3) is 0.263. The smallest absolute Gasteiger partial charge is 0.271 e. The third-order valence-corrected chi connectivity index (χ3v) is 5.39. The van der Waals surface area contributed by atoms with Gasteiger partial charge in [-0.25, -0.2) is 0 Å². The number of methoxy groups -OCH3 is 1. The van der Waals surface area contributed by atoms with E-state index < -0.39 is 4.92 Å². The molecule has 0 saturated carbocycles. The quantitative estimate of drug-likeness (QED) is 0.473. The lowest BCUT2D eigenvalue weighted by molar-refractivity contribution is -0.384. The predicted octanol–water partition coefficient (Wildman–Crippen LogP) is 5.08. The van der Waals surface area contributed by atoms with Crippen molar-refractivity contribution in [3.05, 3.63) is 74.8 Å². The second-order valence-corrected chi connectivity index (χ2v) is 6.77. The van der Waals surface area contributed by atoms with Gasteiger partial charge in [-0.1, -0.05) is 42.0 Å². The van der Waals surface area contributed by atoms with Crippen LogP contribution < -0.4 is 10.1 Å². The molecule has 1 N–H and O–H groups in total. The van der Waals surface area contributed by atoms with Crippen molar-refractivity contribution >= 4 is 23.0 Å². The number of allylic oxidation sites excluding steroid dienone is 2. The van der Waals surface area contributed by atoms with E-state index in [9.17, 15) is 10.1 Å². The molecule has 2 aromatic carbocycles. The van der Waals surface area contributed by atoms with E-state index in [4.69, 9.17) is 16.3 Å². The molecule has 6 heteroatoms. The van der Waals surface area contributed by atoms with E-state index in [0.29, 0.717) is 5.02 Å². The van der Waals surface area contributed by atoms with E-state index in [2.05, 4.69) is 23.5 Å². The Labute approximate surface area is 150 Å². The summed E-state index contributed by atoms with van der Waals surface area (Å²) in [5, 5.41) is 15.1. The molecule has 1 aliphatic carbocycles. The molecule has 0 fully saturated rings. The highest BCUT2D eigenvalue weighted by Gasteiger charge is 2.40. The fourth-order valence-electron chi connectivity index (χ4n) is 3.98. The average molecular weight is 357 g/mol. The molecule has 4 rings (SSSR count). The Hall–Kier alpha value is -2.53. The first kappa shape index (κ1) is 16.0. The summed E-state index contributed by atoms with van der Waals surface area (Å²) in [5.41, 5.74) is 2.77. The highest BCUT2D eigenvalue weighted by atomic mass is 35.5. The van der Waals surface area contributed by atoms with Gasteiger partial charge in [0.15, 0.2) is 0 Å². The van der Waals surface area contributed by atoms with Gasteiger partial charge in [-0.15, -0.1) is 0 Å². The molecular formula is C19H17ClN2O3. The Kier molecular flexibility index (Phi) is 3.88. The van der Waals surface area contributed by atoms with Crippen molar-refractivity contribution in [2.24, 2.45) is 5.92 Å². The van der Waals surface area contributed by atoms with Crippen molar-refractivity contribution in [3.63, 3.8) is 0 Å². The minimum Gasteiger partial charge on any atom is -0.496 e. The number of ether oxygens (including phenoxy) is 1. The average Bonchev–Trinajstić information content (AvgIpc) is 3.11. The predicted molar refractivity (Wildman–Crippen MR) is 97.5 cm³/mol. The molecule has 0 amide bonds. The van der Waals surface area contributed by atoms with E-state index in [1.165, 1.54) is 6.07 Å². The Balaban J connectivity index is 1.84. The van der Waals surface area contributed by atoms with Gasteiger partial charge >= 0.3 is 0 Å². The van der Waals surface area contributed by atoms with Gasteiger partial charge in [0.2, 0.25) is 0 Å². The summed E-state index contributed by atoms with van der Waals surface area (Å²) < 4.78 is 5.53. The number of benzene rings is 2. The van der Waals surface area contributed by atoms with Gasteiger partial charge in [-0.3, -0.25) is 10.1 Å². The molecule has 0 radical (unpaired) electrons. The molecule has 0 aromatic heterocycles. The minimum atomic E-state index is -0.397. The van der Waals surface area contributed by atoms with E-state index in [0.717, 1.165) is 29.0 Å². The van der Waals surface area contributed by atoms with Crippen LogP contribution in [-0.4, -0.2) is 12.0 Å². The van der Waals surface area contributed by atoms with Gasteiger partial charge in [-0.2, -0.15) is 0 Å². The first-order chi connectivity index (χ1) is 12.1. The fourth-order valence-corrected chi connectivity index (χ4v) is 4.25. The summed E-state index contributed by atoms with van der Waals surface area (Å²) in [6.07, 6.45) is 5.17. The number of nitro groups is 1. The highest BCUT2D eigenvalue weighted by molar-refractivity contribution is 6.33. The van der Waals surface area contributed by atoms with Crippen molar-refractivity contribution in [2.45, 2.75) is 18.4 Å². The molecule has 128 valence electrons. The Morgan fingerprint density at radius 3 is 2.84 bits per heavy atom. The van der Waals surface area contributed by atoms with Gasteiger partial charge < -0.3 is 10.1 Å². The maximum atomic E-state index is 11.2. The number of para-hydroxylation sites is 1. The summed E-state index contributed by atoms with van der Waals surface area (Å²) in [4.78, 5) is 10.8. The van der Waals surface area contributed by atoms with Gasteiger partial charge in [0.1, 0.15) is 5.75 Å². The zero-order valence-corrected chi connectivity index (χ0v) is 14.4. The van der Waals surface area contributed by atoms with Gasteiger partial charge in [0, 0.05) is 23.6 Å². The Morgan fingerprint density at radius 1 is 1.28 bits per heavy atom. The molecule has 1 heterocycles. The van der Waals surface area contributed by atoms with Crippen molar-refractivity contribution < 1.29 is 9.66 Å². The van der Waals surface area contributed by atoms with Crippen LogP contribution in [0.4, 0.5) is 11.4 Å². The largest absolute Gasteiger partial charge is 0.496 e. The molecule has 0 unspecified atom stereocenters. The van der Waals surface area contributed by atoms with Crippen LogP contribution in [-0.2, 0) is 0 Å². The number of nitrogens with one attached hydrogen (secondary N) is 1. The lowest BCUT2D eigenvalue weighted by Gasteiger charge is -2.38. The number of hydrogen-bond acceptors (Lipinski definition) is 4. The molecular weight excluding hydrogens is 340 g/mol. The topological polar surface area (TPSA) is 64.4 Å². The Bertz CT molecular complexity index is 881. The Morgan fingerprint density at radius 2 is 2.08 bits per heavy atom. The summed E-state index contributed by atoms with van der Waals surface area (Å²) in [6.45, 7) is 0. The first-order valence-corrected chi connectivity index (χ1v) is 8.52. The summed E-state index contributed by atoms with van der Waals surface area (Å²) in [6, 6.07) is 11.0. The number of anilines is 1. The SMILES string of the molecule is COc1ccccc1[C@@H]1Nc2c(Cl)cc([N+](=O)[O-])cc2[C@@H]2C=CC[C@H]21. The third kappa shape index (κ3) is 2.55. The molecule has 3 atom stereocenters. The summed E-state index contributed by atoms with van der Waals surface area (Å²) >= 11 is 6.39. The number of nitrogens with zero attached hydrogens (tertiary/aromatic N) is 1. The molecule has 5 nitrogen and oxygen atoms in total. The van der Waals surface area contributed by atoms with Crippen LogP contribution in [0.5, 0.6) is 5.75 Å². The molecule has 25 heavy (non-hydrogen) atoms. The number of halogens is 1. The number of nitro benzene ring substituents is 1. The van der Waals surface area contributed by atoms with E-state index in [1.54, 1.807) is 13.2 Å². The number of rotatable bonds is 3. The van der Waals surface area contributed by atoms with Crippen LogP contribution in [0.3, 0.4) is 0 Å². The number of hydrogen-bond donors (Lipinski definition) is 1. The van der Waals surface area contributed by atoms with Crippen LogP contribution in [0.2, 0.25) is 5.02 Å². The van der Waals surface area contributed by atoms with Crippen LogP contribution in [0.25, 0.3) is 0 Å². The van der Waals surface area contributed by atoms with Crippen LogP contribution in [0.1, 0.15) is 29.5 Å². The molecule has 2 aromatic rings. The molecule has 0 saturated heterocycles. The number of fused-ring (bicyclic) bond motifs is 3. The molecule has 2 aliphatic rings. The van der Waals surface area contributed by atoms with Gasteiger partial charge in [-0.05, 0) is 24.0 Å². The molecule has 0 spiro atoms. The standard InChI is InChI=1S/C19H17ClN2O3/c1-25-17-8-3-2-5-14(17)18-13-7-4-6-12(13)15-9-11(22(23)24)10-16(20)19(15)21-18/h2-6,8-10,12-13,18,21H,7H2,1H3/t12-,13-,18-/m1/s1. The normalized spacial score (nSPS) is 23.5.